The average Bonchev–Trinajstić information content (AvgIpc) is 1.86. The van der Waals surface area contributed by atoms with Crippen LogP contribution in [0.3, 0.4) is 0 Å². The minimum Gasteiger partial charge on any atom is -0.320 e. The number of hydrogen-bond donors (Lipinski definition) is 1. The third-order valence-electron chi connectivity index (χ3n) is 0.932. The van der Waals surface area contributed by atoms with Gasteiger partial charge in [0.25, 0.3) is 0 Å². The van der Waals surface area contributed by atoms with E-state index in [0.29, 0.717) is 0 Å². The maximum absolute atomic E-state index is 5.36. The van der Waals surface area contributed by atoms with Gasteiger partial charge in [0.15, 0.2) is 0 Å². The first-order chi connectivity index (χ1) is 2.89. The van der Waals surface area contributed by atoms with E-state index in [0.717, 1.165) is 18.9 Å². The second-order valence-electron chi connectivity index (χ2n) is 1.52. The Labute approximate surface area is 37.8 Å². The first-order valence-corrected chi connectivity index (χ1v) is 2.17. The van der Waals surface area contributed by atoms with Gasteiger partial charge in [-0.1, -0.05) is 12.2 Å². The van der Waals surface area contributed by atoms with E-state index in [-0.39, 0.29) is 0 Å². The van der Waals surface area contributed by atoms with E-state index >= 15 is 0 Å². The molecule has 1 heteroatoms. The number of rotatable bonds is 0. The van der Waals surface area contributed by atoms with Crippen molar-refractivity contribution in [3.05, 3.63) is 18.2 Å². The molecule has 33 valence electrons. The summed E-state index contributed by atoms with van der Waals surface area (Å²) in [5.74, 6) is 0. The van der Waals surface area contributed by atoms with Crippen molar-refractivity contribution in [1.29, 1.82) is 0 Å². The Morgan fingerprint density at radius 2 is 2.50 bits per heavy atom. The summed E-state index contributed by atoms with van der Waals surface area (Å²) in [5.41, 5.74) is 5.36. The molecule has 1 radical (unpaired) electrons. The van der Waals surface area contributed by atoms with Gasteiger partial charge in [0.2, 0.25) is 0 Å². The van der Waals surface area contributed by atoms with Crippen LogP contribution in [0.2, 0.25) is 0 Å². The molecule has 0 aromatic heterocycles. The smallest absolute Gasteiger partial charge is 0.0561 e. The van der Waals surface area contributed by atoms with E-state index in [2.05, 4.69) is 6.08 Å². The molecule has 0 saturated heterocycles. The zero-order valence-corrected chi connectivity index (χ0v) is 3.65. The van der Waals surface area contributed by atoms with Crippen LogP contribution in [0.25, 0.3) is 0 Å². The molecule has 0 aromatic carbocycles. The van der Waals surface area contributed by atoms with Gasteiger partial charge in [-0.05, 0) is 12.8 Å². The molecule has 0 amide bonds. The van der Waals surface area contributed by atoms with Crippen LogP contribution >= 0.6 is 0 Å². The van der Waals surface area contributed by atoms with Crippen molar-refractivity contribution < 1.29 is 0 Å². The minimum atomic E-state index is 1.02. The molecule has 6 heavy (non-hydrogen) atoms. The molecule has 2 N–H and O–H groups in total. The molecule has 0 atom stereocenters. The van der Waals surface area contributed by atoms with Crippen LogP contribution in [0.15, 0.2) is 12.2 Å². The summed E-state index contributed by atoms with van der Waals surface area (Å²) in [6.07, 6.45) is 6.28. The summed E-state index contributed by atoms with van der Waals surface area (Å²) in [5, 5.41) is 0. The molecule has 1 aliphatic carbocycles. The molecule has 0 spiro atoms. The Morgan fingerprint density at radius 3 is 2.67 bits per heavy atom. The van der Waals surface area contributed by atoms with Crippen molar-refractivity contribution in [3.63, 3.8) is 0 Å². The second-order valence-corrected chi connectivity index (χ2v) is 1.52. The molecule has 0 fully saturated rings. The fourth-order valence-electron chi connectivity index (χ4n) is 0.568. The lowest BCUT2D eigenvalue weighted by molar-refractivity contribution is 0.927. The maximum atomic E-state index is 5.36. The van der Waals surface area contributed by atoms with Crippen molar-refractivity contribution in [2.45, 2.75) is 12.8 Å². The normalized spacial score (nSPS) is 22.8. The Balaban J connectivity index is 2.38. The lowest BCUT2D eigenvalue weighted by Crippen LogP contribution is -2.00. The van der Waals surface area contributed by atoms with Gasteiger partial charge in [-0.25, -0.2) is 0 Å². The fourth-order valence-corrected chi connectivity index (χ4v) is 0.568. The van der Waals surface area contributed by atoms with Crippen molar-refractivity contribution in [2.75, 3.05) is 0 Å². The molecule has 0 bridgehead atoms. The molecule has 0 unspecified atom stereocenters. The molecular formula is C5H8N. The van der Waals surface area contributed by atoms with E-state index in [1.54, 1.807) is 0 Å². The molecular weight excluding hydrogens is 74.1 g/mol. The summed E-state index contributed by atoms with van der Waals surface area (Å²) in [6.45, 7) is 0. The van der Waals surface area contributed by atoms with Crippen molar-refractivity contribution in [2.24, 2.45) is 5.73 Å². The number of nitrogens with two attached hydrogens (primary N) is 1. The van der Waals surface area contributed by atoms with E-state index in [9.17, 15) is 0 Å². The van der Waals surface area contributed by atoms with Crippen LogP contribution in [-0.4, -0.2) is 0 Å². The highest BCUT2D eigenvalue weighted by atomic mass is 14.6. The largest absolute Gasteiger partial charge is 0.320 e. The van der Waals surface area contributed by atoms with Crippen molar-refractivity contribution >= 4 is 0 Å². The molecule has 0 saturated carbocycles. The van der Waals surface area contributed by atoms with Crippen molar-refractivity contribution in [3.8, 4) is 0 Å². The summed E-state index contributed by atoms with van der Waals surface area (Å²) in [7, 11) is 0. The van der Waals surface area contributed by atoms with E-state index in [4.69, 9.17) is 5.73 Å². The quantitative estimate of drug-likeness (QED) is 0.460. The van der Waals surface area contributed by atoms with Gasteiger partial charge in [0, 0.05) is 0 Å². The molecule has 0 heterocycles. The molecule has 0 aliphatic heterocycles. The fraction of sp³-hybridized carbons (Fsp3) is 0.400. The van der Waals surface area contributed by atoms with Gasteiger partial charge >= 0.3 is 0 Å². The van der Waals surface area contributed by atoms with Gasteiger partial charge in [-0.15, -0.1) is 0 Å². The Bertz CT molecular complexity index is 66.3. The summed E-state index contributed by atoms with van der Waals surface area (Å²) in [6, 6.07) is 1.02. The zero-order chi connectivity index (χ0) is 4.41. The van der Waals surface area contributed by atoms with Gasteiger partial charge in [-0.3, -0.25) is 0 Å². The predicted molar refractivity (Wildman–Crippen MR) is 25.8 cm³/mol. The topological polar surface area (TPSA) is 26.0 Å². The Hall–Kier alpha value is -0.300. The molecule has 1 nitrogen and oxygen atoms in total. The van der Waals surface area contributed by atoms with Gasteiger partial charge in [0.1, 0.15) is 0 Å². The first-order valence-electron chi connectivity index (χ1n) is 2.17. The molecule has 0 aromatic rings. The first kappa shape index (κ1) is 3.88. The van der Waals surface area contributed by atoms with Gasteiger partial charge in [-0.2, -0.15) is 0 Å². The standard InChI is InChI=1S/C5H8N/c6-5-3-1-2-4-5/h1,3H,2,4,6H2. The van der Waals surface area contributed by atoms with Crippen LogP contribution in [0.1, 0.15) is 12.8 Å². The lowest BCUT2D eigenvalue weighted by atomic mass is 10.3. The van der Waals surface area contributed by atoms with Crippen LogP contribution in [0.4, 0.5) is 0 Å². The van der Waals surface area contributed by atoms with Crippen LogP contribution < -0.4 is 5.73 Å². The third-order valence-corrected chi connectivity index (χ3v) is 0.932. The SMILES string of the molecule is N[C]1C=CCC1. The number of hydrogen-bond acceptors (Lipinski definition) is 1. The van der Waals surface area contributed by atoms with E-state index < -0.39 is 0 Å². The highest BCUT2D eigenvalue weighted by Crippen LogP contribution is 2.11. The van der Waals surface area contributed by atoms with Gasteiger partial charge < -0.3 is 5.73 Å². The monoisotopic (exact) mass is 82.1 g/mol. The summed E-state index contributed by atoms with van der Waals surface area (Å²) >= 11 is 0. The summed E-state index contributed by atoms with van der Waals surface area (Å²) < 4.78 is 0. The highest BCUT2D eigenvalue weighted by Gasteiger charge is 2.00. The molecule has 1 aliphatic rings. The lowest BCUT2D eigenvalue weighted by Gasteiger charge is -1.89. The highest BCUT2D eigenvalue weighted by molar-refractivity contribution is 5.12. The van der Waals surface area contributed by atoms with Gasteiger partial charge in [0.05, 0.1) is 6.04 Å². The predicted octanol–water partition coefficient (Wildman–Crippen LogP) is 0.827. The number of allylic oxidation sites excluding steroid dienone is 1. The molecule has 1 rings (SSSR count). The Morgan fingerprint density at radius 1 is 1.67 bits per heavy atom. The van der Waals surface area contributed by atoms with E-state index in [1.165, 1.54) is 0 Å². The van der Waals surface area contributed by atoms with Crippen LogP contribution in [0.5, 0.6) is 0 Å². The minimum absolute atomic E-state index is 1.02. The van der Waals surface area contributed by atoms with E-state index in [1.807, 2.05) is 6.08 Å². The van der Waals surface area contributed by atoms with Crippen LogP contribution in [-0.2, 0) is 0 Å². The average molecular weight is 82.1 g/mol. The van der Waals surface area contributed by atoms with Crippen LogP contribution in [0, 0.1) is 6.04 Å². The second kappa shape index (κ2) is 1.43. The Kier molecular flexibility index (Phi) is 0.926. The summed E-state index contributed by atoms with van der Waals surface area (Å²) in [4.78, 5) is 0. The maximum Gasteiger partial charge on any atom is 0.0561 e. The van der Waals surface area contributed by atoms with Crippen molar-refractivity contribution in [1.82, 2.24) is 0 Å². The zero-order valence-electron chi connectivity index (χ0n) is 3.65. The third kappa shape index (κ3) is 0.601.